The molecule has 0 fully saturated rings. The predicted octanol–water partition coefficient (Wildman–Crippen LogP) is 10.9. The second kappa shape index (κ2) is 20.9. The van der Waals surface area contributed by atoms with Crippen LogP contribution in [-0.2, 0) is 12.8 Å². The summed E-state index contributed by atoms with van der Waals surface area (Å²) in [6.45, 7) is 3.61. The van der Waals surface area contributed by atoms with Crippen LogP contribution in [0.1, 0.15) is 78.1 Å². The number of halogens is 2. The van der Waals surface area contributed by atoms with Crippen molar-refractivity contribution in [3.63, 3.8) is 0 Å². The molecule has 4 aromatic heterocycles. The highest BCUT2D eigenvalue weighted by Gasteiger charge is 2.23. The van der Waals surface area contributed by atoms with E-state index in [2.05, 4.69) is 40.5 Å². The molecule has 0 saturated heterocycles. The van der Waals surface area contributed by atoms with Crippen LogP contribution in [0.3, 0.4) is 0 Å². The van der Waals surface area contributed by atoms with Gasteiger partial charge in [0.2, 0.25) is 23.3 Å². The van der Waals surface area contributed by atoms with Gasteiger partial charge in [-0.25, -0.2) is 28.7 Å². The Morgan fingerprint density at radius 3 is 1.64 bits per heavy atom. The zero-order chi connectivity index (χ0) is 51.3. The summed E-state index contributed by atoms with van der Waals surface area (Å²) in [6.07, 6.45) is 3.57. The van der Waals surface area contributed by atoms with Crippen LogP contribution in [0, 0.1) is 11.6 Å². The van der Waals surface area contributed by atoms with E-state index in [1.54, 1.807) is 105 Å². The number of amides is 2. The van der Waals surface area contributed by atoms with Crippen molar-refractivity contribution in [1.29, 1.82) is 0 Å². The zero-order valence-electron chi connectivity index (χ0n) is 39.7. The van der Waals surface area contributed by atoms with Gasteiger partial charge in [0.05, 0.1) is 22.1 Å². The molecule has 0 aliphatic carbocycles. The molecular formula is C58H44F2N8O6. The highest BCUT2D eigenvalue weighted by molar-refractivity contribution is 6.09. The number of H-pyrrole nitrogens is 2. The molecule has 14 nitrogen and oxygen atoms in total. The number of para-hydroxylation sites is 4. The Morgan fingerprint density at radius 2 is 1.07 bits per heavy atom. The van der Waals surface area contributed by atoms with Crippen LogP contribution < -0.4 is 20.1 Å². The van der Waals surface area contributed by atoms with E-state index in [9.17, 15) is 23.6 Å². The fraction of sp³-hybridized carbons (Fsp3) is 0.103. The summed E-state index contributed by atoms with van der Waals surface area (Å²) < 4.78 is 41.7. The first-order chi connectivity index (χ1) is 35.9. The zero-order valence-corrected chi connectivity index (χ0v) is 39.7. The molecule has 4 heterocycles. The summed E-state index contributed by atoms with van der Waals surface area (Å²) in [4.78, 5) is 78.1. The van der Waals surface area contributed by atoms with Gasteiger partial charge in [-0.1, -0.05) is 42.5 Å². The van der Waals surface area contributed by atoms with Gasteiger partial charge in [0.1, 0.15) is 34.3 Å². The van der Waals surface area contributed by atoms with Gasteiger partial charge in [0.25, 0.3) is 11.8 Å². The minimum Gasteiger partial charge on any atom is -0.438 e. The van der Waals surface area contributed by atoms with Crippen LogP contribution in [0.25, 0.3) is 33.2 Å². The number of nitrogens with zero attached hydrogens (tertiary/aromatic N) is 4. The molecule has 0 spiro atoms. The molecule has 74 heavy (non-hydrogen) atoms. The maximum absolute atomic E-state index is 15.8. The lowest BCUT2D eigenvalue weighted by atomic mass is 9.99. The van der Waals surface area contributed by atoms with Gasteiger partial charge in [-0.2, -0.15) is 0 Å². The molecule has 10 rings (SSSR count). The number of benzene rings is 6. The number of carbonyl (C=O) groups excluding carboxylic acids is 4. The number of aromatic nitrogens is 6. The summed E-state index contributed by atoms with van der Waals surface area (Å²) in [5.41, 5.74) is 5.63. The van der Waals surface area contributed by atoms with E-state index in [1.807, 2.05) is 42.5 Å². The Balaban J connectivity index is 0.838. The quantitative estimate of drug-likeness (QED) is 0.0638. The second-order valence-electron chi connectivity index (χ2n) is 17.6. The van der Waals surface area contributed by atoms with Gasteiger partial charge in [0, 0.05) is 46.7 Å². The van der Waals surface area contributed by atoms with Gasteiger partial charge in [-0.15, -0.1) is 0 Å². The number of imidazole rings is 2. The summed E-state index contributed by atoms with van der Waals surface area (Å²) >= 11 is 0. The fourth-order valence-electron chi connectivity index (χ4n) is 8.41. The number of rotatable bonds is 17. The van der Waals surface area contributed by atoms with Gasteiger partial charge in [-0.05, 0) is 153 Å². The number of fused-ring (bicyclic) bond motifs is 2. The maximum atomic E-state index is 15.8. The third-order valence-electron chi connectivity index (χ3n) is 12.1. The minimum absolute atomic E-state index is 0.00269. The first-order valence-electron chi connectivity index (χ1n) is 23.6. The van der Waals surface area contributed by atoms with Gasteiger partial charge >= 0.3 is 0 Å². The number of aromatic amines is 2. The Kier molecular flexibility index (Phi) is 13.6. The molecule has 0 aliphatic rings. The lowest BCUT2D eigenvalue weighted by molar-refractivity contribution is 0.0928. The molecule has 2 amide bonds. The molecule has 0 aliphatic heterocycles. The van der Waals surface area contributed by atoms with Crippen molar-refractivity contribution in [2.75, 3.05) is 0 Å². The van der Waals surface area contributed by atoms with E-state index in [0.717, 1.165) is 16.6 Å². The molecule has 16 heteroatoms. The third-order valence-corrected chi connectivity index (χ3v) is 12.1. The highest BCUT2D eigenvalue weighted by Crippen LogP contribution is 2.32. The standard InChI is InChI=1S/C58H44F2N8O6/c1-33(28-35-13-20-40(59)21-14-35)64-56(72)45-31-39(32-62-58(45)74-42-24-18-38(19-25-42)52(70)54-67-49-11-5-6-12-50(49)68-54)44-30-36(15-26-46(44)60)29-34(2)63-55(71)43-8-7-27-61-57(43)73-41-22-16-37(17-23-41)51(69)53-65-47-9-3-4-10-48(47)66-53/h3-27,30-34H,28-29H2,1-2H3,(H,63,71)(H,64,72)(H,65,66)(H,67,68). The Labute approximate surface area is 421 Å². The minimum atomic E-state index is -0.578. The number of pyridine rings is 2. The van der Waals surface area contributed by atoms with Crippen molar-refractivity contribution in [3.05, 3.63) is 227 Å². The number of ether oxygens (including phenoxy) is 2. The van der Waals surface area contributed by atoms with E-state index in [-0.39, 0.29) is 75.2 Å². The molecule has 366 valence electrons. The van der Waals surface area contributed by atoms with Crippen LogP contribution >= 0.6 is 0 Å². The Hall–Kier alpha value is -9.70. The highest BCUT2D eigenvalue weighted by atomic mass is 19.1. The van der Waals surface area contributed by atoms with E-state index < -0.39 is 29.7 Å². The first-order valence-corrected chi connectivity index (χ1v) is 23.6. The van der Waals surface area contributed by atoms with E-state index >= 15 is 4.39 Å². The smallest absolute Gasteiger partial charge is 0.257 e. The number of carbonyl (C=O) groups is 4. The molecular weight excluding hydrogens is 943 g/mol. The number of hydrogen-bond acceptors (Lipinski definition) is 10. The lowest BCUT2D eigenvalue weighted by Crippen LogP contribution is -2.34. The Bertz CT molecular complexity index is 3660. The van der Waals surface area contributed by atoms with Crippen molar-refractivity contribution in [2.24, 2.45) is 0 Å². The van der Waals surface area contributed by atoms with Crippen LogP contribution in [-0.4, -0.2) is 65.4 Å². The lowest BCUT2D eigenvalue weighted by Gasteiger charge is -2.18. The molecule has 4 N–H and O–H groups in total. The number of nitrogens with one attached hydrogen (secondary N) is 4. The summed E-state index contributed by atoms with van der Waals surface area (Å²) in [7, 11) is 0. The average Bonchev–Trinajstić information content (AvgIpc) is 4.06. The second-order valence-corrected chi connectivity index (χ2v) is 17.6. The SMILES string of the molecule is CC(Cc1ccc(F)c(-c2cnc(Oc3ccc(C(=O)c4nc5ccccc5[nH]4)cc3)c(C(=O)NC(C)Cc3ccc(F)cc3)c2)c1)NC(=O)c1cccnc1Oc1ccc(C(=O)c2nc3ccccc3[nH]2)cc1. The Morgan fingerprint density at radius 1 is 0.554 bits per heavy atom. The molecule has 6 aromatic carbocycles. The summed E-state index contributed by atoms with van der Waals surface area (Å²) in [6, 6.07) is 41.8. The summed E-state index contributed by atoms with van der Waals surface area (Å²) in [5.74, 6) is -1.60. The van der Waals surface area contributed by atoms with Gasteiger partial charge in [-0.3, -0.25) is 19.2 Å². The van der Waals surface area contributed by atoms with Gasteiger partial charge < -0.3 is 30.1 Å². The predicted molar refractivity (Wildman–Crippen MR) is 274 cm³/mol. The third kappa shape index (κ3) is 10.8. The van der Waals surface area contributed by atoms with Crippen molar-refractivity contribution in [2.45, 2.75) is 38.8 Å². The van der Waals surface area contributed by atoms with E-state index in [1.165, 1.54) is 36.7 Å². The van der Waals surface area contributed by atoms with E-state index in [0.29, 0.717) is 39.9 Å². The molecule has 10 aromatic rings. The molecule has 0 radical (unpaired) electrons. The van der Waals surface area contributed by atoms with Crippen molar-refractivity contribution in [1.82, 2.24) is 40.5 Å². The number of ketones is 2. The maximum Gasteiger partial charge on any atom is 0.257 e. The topological polar surface area (TPSA) is 194 Å². The van der Waals surface area contributed by atoms with Crippen LogP contribution in [0.15, 0.2) is 170 Å². The van der Waals surface area contributed by atoms with Crippen molar-refractivity contribution >= 4 is 45.4 Å². The largest absolute Gasteiger partial charge is 0.438 e. The molecule has 2 unspecified atom stereocenters. The van der Waals surface area contributed by atoms with Crippen LogP contribution in [0.5, 0.6) is 23.3 Å². The fourth-order valence-corrected chi connectivity index (χ4v) is 8.41. The monoisotopic (exact) mass is 986 g/mol. The number of hydrogen-bond donors (Lipinski definition) is 4. The van der Waals surface area contributed by atoms with E-state index in [4.69, 9.17) is 9.47 Å². The normalized spacial score (nSPS) is 12.0. The molecule has 0 saturated carbocycles. The van der Waals surface area contributed by atoms with Crippen molar-refractivity contribution < 1.29 is 37.4 Å². The first kappa shape index (κ1) is 48.0. The van der Waals surface area contributed by atoms with Crippen LogP contribution in [0.4, 0.5) is 8.78 Å². The van der Waals surface area contributed by atoms with Gasteiger partial charge in [0.15, 0.2) is 11.6 Å². The molecule has 2 atom stereocenters. The van der Waals surface area contributed by atoms with Crippen LogP contribution in [0.2, 0.25) is 0 Å². The average molecular weight is 987 g/mol. The molecule has 0 bridgehead atoms. The van der Waals surface area contributed by atoms with Crippen molar-refractivity contribution in [3.8, 4) is 34.4 Å². The summed E-state index contributed by atoms with van der Waals surface area (Å²) in [5, 5.41) is 5.95.